The molecule has 0 amide bonds. The fourth-order valence-corrected chi connectivity index (χ4v) is 2.58. The van der Waals surface area contributed by atoms with Gasteiger partial charge in [-0.05, 0) is 31.5 Å². The number of aryl methyl sites for hydroxylation is 1. The van der Waals surface area contributed by atoms with Crippen molar-refractivity contribution in [2.24, 2.45) is 0 Å². The highest BCUT2D eigenvalue weighted by Gasteiger charge is 2.09. The molecule has 0 unspecified atom stereocenters. The molecule has 0 fully saturated rings. The molecule has 0 aliphatic rings. The maximum Gasteiger partial charge on any atom is 0.205 e. The number of hydrogen-bond acceptors (Lipinski definition) is 5. The number of ether oxygens (including phenoxy) is 1. The number of rotatable bonds is 6. The van der Waals surface area contributed by atoms with Crippen LogP contribution in [0.25, 0.3) is 0 Å². The lowest BCUT2D eigenvalue weighted by Crippen LogP contribution is -2.16. The molecule has 0 spiro atoms. The van der Waals surface area contributed by atoms with Crippen molar-refractivity contribution in [2.45, 2.75) is 39.8 Å². The van der Waals surface area contributed by atoms with Crippen LogP contribution in [-0.2, 0) is 13.0 Å². The van der Waals surface area contributed by atoms with Gasteiger partial charge >= 0.3 is 0 Å². The van der Waals surface area contributed by atoms with Gasteiger partial charge in [0, 0.05) is 31.5 Å². The van der Waals surface area contributed by atoms with E-state index in [4.69, 9.17) is 4.74 Å². The molecule has 0 bridgehead atoms. The molecule has 0 saturated carbocycles. The Morgan fingerprint density at radius 3 is 2.80 bits per heavy atom. The van der Waals surface area contributed by atoms with Gasteiger partial charge in [-0.15, -0.1) is 0 Å². The number of anilines is 1. The highest BCUT2D eigenvalue weighted by atomic mass is 32.1. The minimum absolute atomic E-state index is 0.193. The van der Waals surface area contributed by atoms with Gasteiger partial charge in [0.05, 0.1) is 6.10 Å². The third kappa shape index (κ3) is 3.93. The molecule has 1 heterocycles. The normalized spacial score (nSPS) is 10.8. The van der Waals surface area contributed by atoms with E-state index in [1.54, 1.807) is 0 Å². The van der Waals surface area contributed by atoms with Crippen LogP contribution in [0.2, 0.25) is 0 Å². The van der Waals surface area contributed by atoms with Gasteiger partial charge in [0.15, 0.2) is 0 Å². The topological polar surface area (TPSA) is 38.2 Å². The molecule has 0 aliphatic heterocycles. The maximum atomic E-state index is 5.72. The summed E-state index contributed by atoms with van der Waals surface area (Å²) in [5.74, 6) is 1.83. The molecular weight excluding hydrogens is 270 g/mol. The average Bonchev–Trinajstić information content (AvgIpc) is 2.87. The smallest absolute Gasteiger partial charge is 0.205 e. The van der Waals surface area contributed by atoms with Gasteiger partial charge in [-0.25, -0.2) is 4.98 Å². The second kappa shape index (κ2) is 6.70. The number of benzene rings is 1. The Morgan fingerprint density at radius 2 is 2.15 bits per heavy atom. The molecule has 2 rings (SSSR count). The van der Waals surface area contributed by atoms with Crippen LogP contribution in [0.4, 0.5) is 5.13 Å². The van der Waals surface area contributed by atoms with E-state index in [1.807, 2.05) is 33.0 Å². The first kappa shape index (κ1) is 14.8. The molecule has 4 nitrogen and oxygen atoms in total. The summed E-state index contributed by atoms with van der Waals surface area (Å²) in [6.07, 6.45) is 1.07. The Bertz CT molecular complexity index is 554. The fraction of sp³-hybridized carbons (Fsp3) is 0.467. The van der Waals surface area contributed by atoms with E-state index < -0.39 is 0 Å². The number of hydrogen-bond donors (Lipinski definition) is 0. The van der Waals surface area contributed by atoms with E-state index in [9.17, 15) is 0 Å². The Labute approximate surface area is 124 Å². The van der Waals surface area contributed by atoms with E-state index in [0.717, 1.165) is 29.7 Å². The number of nitrogens with zero attached hydrogens (tertiary/aromatic N) is 3. The van der Waals surface area contributed by atoms with E-state index in [2.05, 4.69) is 33.3 Å². The molecule has 20 heavy (non-hydrogen) atoms. The summed E-state index contributed by atoms with van der Waals surface area (Å²) in [7, 11) is 2.04. The zero-order valence-corrected chi connectivity index (χ0v) is 13.3. The molecule has 0 aliphatic carbocycles. The quantitative estimate of drug-likeness (QED) is 0.816. The largest absolute Gasteiger partial charge is 0.491 e. The van der Waals surface area contributed by atoms with Crippen LogP contribution in [-0.4, -0.2) is 22.5 Å². The molecule has 1 aromatic carbocycles. The summed E-state index contributed by atoms with van der Waals surface area (Å²) in [5.41, 5.74) is 1.21. The Kier molecular flexibility index (Phi) is 4.95. The summed E-state index contributed by atoms with van der Waals surface area (Å²) in [6, 6.07) is 8.20. The van der Waals surface area contributed by atoms with E-state index >= 15 is 0 Å². The molecule has 0 radical (unpaired) electrons. The Morgan fingerprint density at radius 1 is 1.35 bits per heavy atom. The third-order valence-electron chi connectivity index (χ3n) is 2.79. The predicted molar refractivity (Wildman–Crippen MR) is 83.6 cm³/mol. The second-order valence-electron chi connectivity index (χ2n) is 5.02. The van der Waals surface area contributed by atoms with Gasteiger partial charge in [0.1, 0.15) is 11.6 Å². The zero-order chi connectivity index (χ0) is 14.5. The predicted octanol–water partition coefficient (Wildman–Crippen LogP) is 3.52. The van der Waals surface area contributed by atoms with Crippen LogP contribution in [0, 0.1) is 0 Å². The Hall–Kier alpha value is -1.62. The average molecular weight is 291 g/mol. The van der Waals surface area contributed by atoms with E-state index in [1.165, 1.54) is 17.1 Å². The van der Waals surface area contributed by atoms with Crippen molar-refractivity contribution in [1.82, 2.24) is 9.36 Å². The van der Waals surface area contributed by atoms with Crippen molar-refractivity contribution in [2.75, 3.05) is 11.9 Å². The molecule has 2 aromatic rings. The fourth-order valence-electron chi connectivity index (χ4n) is 1.87. The lowest BCUT2D eigenvalue weighted by Gasteiger charge is -2.16. The van der Waals surface area contributed by atoms with Gasteiger partial charge < -0.3 is 9.64 Å². The SMILES string of the molecule is CCc1nsc(N(C)Cc2cccc(OC(C)C)c2)n1. The molecular formula is C15H21N3OS. The summed E-state index contributed by atoms with van der Waals surface area (Å²) in [6.45, 7) is 6.94. The zero-order valence-electron chi connectivity index (χ0n) is 12.5. The molecule has 1 aromatic heterocycles. The summed E-state index contributed by atoms with van der Waals surface area (Å²) in [4.78, 5) is 6.61. The van der Waals surface area contributed by atoms with Gasteiger partial charge in [0.25, 0.3) is 0 Å². The Balaban J connectivity index is 2.05. The highest BCUT2D eigenvalue weighted by molar-refractivity contribution is 7.09. The van der Waals surface area contributed by atoms with Crippen molar-refractivity contribution >= 4 is 16.7 Å². The van der Waals surface area contributed by atoms with Crippen molar-refractivity contribution in [3.05, 3.63) is 35.7 Å². The highest BCUT2D eigenvalue weighted by Crippen LogP contribution is 2.20. The summed E-state index contributed by atoms with van der Waals surface area (Å²) < 4.78 is 10.0. The van der Waals surface area contributed by atoms with Gasteiger partial charge in [-0.1, -0.05) is 19.1 Å². The minimum Gasteiger partial charge on any atom is -0.491 e. The molecule has 0 atom stereocenters. The van der Waals surface area contributed by atoms with Gasteiger partial charge in [-0.3, -0.25) is 0 Å². The van der Waals surface area contributed by atoms with Gasteiger partial charge in [0.2, 0.25) is 5.13 Å². The van der Waals surface area contributed by atoms with Gasteiger partial charge in [-0.2, -0.15) is 4.37 Å². The van der Waals surface area contributed by atoms with Crippen LogP contribution in [0.15, 0.2) is 24.3 Å². The molecule has 5 heteroatoms. The molecule has 0 saturated heterocycles. The van der Waals surface area contributed by atoms with Crippen LogP contribution >= 0.6 is 11.5 Å². The summed E-state index contributed by atoms with van der Waals surface area (Å²) >= 11 is 1.45. The monoisotopic (exact) mass is 291 g/mol. The number of aromatic nitrogens is 2. The standard InChI is InChI=1S/C15H21N3OS/c1-5-14-16-15(20-17-14)18(4)10-12-7-6-8-13(9-12)19-11(2)3/h6-9,11H,5,10H2,1-4H3. The van der Waals surface area contributed by atoms with E-state index in [-0.39, 0.29) is 6.10 Å². The lowest BCUT2D eigenvalue weighted by molar-refractivity contribution is 0.242. The van der Waals surface area contributed by atoms with Crippen molar-refractivity contribution in [1.29, 1.82) is 0 Å². The van der Waals surface area contributed by atoms with Crippen molar-refractivity contribution < 1.29 is 4.74 Å². The third-order valence-corrected chi connectivity index (χ3v) is 3.66. The van der Waals surface area contributed by atoms with Crippen LogP contribution in [0.3, 0.4) is 0 Å². The first-order valence-corrected chi connectivity index (χ1v) is 7.65. The molecule has 108 valence electrons. The molecule has 0 N–H and O–H groups in total. The minimum atomic E-state index is 0.193. The first-order valence-electron chi connectivity index (χ1n) is 6.87. The van der Waals surface area contributed by atoms with E-state index in [0.29, 0.717) is 0 Å². The maximum absolute atomic E-state index is 5.72. The summed E-state index contributed by atoms with van der Waals surface area (Å²) in [5, 5.41) is 0.956. The van der Waals surface area contributed by atoms with Crippen LogP contribution < -0.4 is 9.64 Å². The van der Waals surface area contributed by atoms with Crippen LogP contribution in [0.5, 0.6) is 5.75 Å². The first-order chi connectivity index (χ1) is 9.58. The lowest BCUT2D eigenvalue weighted by atomic mass is 10.2. The van der Waals surface area contributed by atoms with Crippen molar-refractivity contribution in [3.8, 4) is 5.75 Å². The van der Waals surface area contributed by atoms with Crippen molar-refractivity contribution in [3.63, 3.8) is 0 Å². The van der Waals surface area contributed by atoms with Crippen LogP contribution in [0.1, 0.15) is 32.2 Å². The second-order valence-corrected chi connectivity index (χ2v) is 5.75.